The summed E-state index contributed by atoms with van der Waals surface area (Å²) in [6, 6.07) is 3.99. The predicted molar refractivity (Wildman–Crippen MR) is 117 cm³/mol. The van der Waals surface area contributed by atoms with Gasteiger partial charge in [0.1, 0.15) is 12.1 Å². The van der Waals surface area contributed by atoms with E-state index in [0.29, 0.717) is 42.4 Å². The van der Waals surface area contributed by atoms with Gasteiger partial charge in [0, 0.05) is 23.7 Å². The molecule has 0 unspecified atom stereocenters. The average molecular weight is 417 g/mol. The molecule has 29 heavy (non-hydrogen) atoms. The fourth-order valence-corrected chi connectivity index (χ4v) is 4.08. The molecule has 0 saturated heterocycles. The fourth-order valence-electron chi connectivity index (χ4n) is 3.12. The van der Waals surface area contributed by atoms with E-state index in [1.54, 1.807) is 0 Å². The number of nitrogens with two attached hydrogens (primary N) is 3. The minimum atomic E-state index is 0.355. The fraction of sp³-hybridized carbons (Fsp3) is 0.421. The average Bonchev–Trinajstić information content (AvgIpc) is 3.05. The van der Waals surface area contributed by atoms with Crippen molar-refractivity contribution in [2.45, 2.75) is 49.7 Å². The van der Waals surface area contributed by atoms with Gasteiger partial charge in [0.2, 0.25) is 0 Å². The Morgan fingerprint density at radius 1 is 1.21 bits per heavy atom. The standard InChI is InChI=1S/C19H28N8OS/c1-3-6-12-9-13(20)15(10-14(12)28-4-2)29-19-26-16-17(21)23-11-24-18(16)27(19)8-5-7-25-22/h9-11,25H,3-8,20,22H2,1-2H3,(H2,21,23,24). The number of nitrogens with zero attached hydrogens (tertiary/aromatic N) is 4. The minimum Gasteiger partial charge on any atom is -0.494 e. The molecule has 0 aliphatic rings. The van der Waals surface area contributed by atoms with Crippen molar-refractivity contribution in [2.75, 3.05) is 24.6 Å². The van der Waals surface area contributed by atoms with Crippen molar-refractivity contribution in [3.05, 3.63) is 24.0 Å². The van der Waals surface area contributed by atoms with Crippen LogP contribution in [-0.4, -0.2) is 32.7 Å². The number of aromatic nitrogens is 4. The third-order valence-corrected chi connectivity index (χ3v) is 5.51. The van der Waals surface area contributed by atoms with E-state index in [-0.39, 0.29) is 0 Å². The smallest absolute Gasteiger partial charge is 0.175 e. The maximum atomic E-state index is 6.37. The van der Waals surface area contributed by atoms with E-state index in [2.05, 4.69) is 27.3 Å². The number of aryl methyl sites for hydroxylation is 2. The summed E-state index contributed by atoms with van der Waals surface area (Å²) in [7, 11) is 0. The number of fused-ring (bicyclic) bond motifs is 1. The quantitative estimate of drug-likeness (QED) is 0.169. The topological polar surface area (TPSA) is 143 Å². The maximum absolute atomic E-state index is 6.37. The summed E-state index contributed by atoms with van der Waals surface area (Å²) in [4.78, 5) is 14.0. The highest BCUT2D eigenvalue weighted by atomic mass is 32.2. The van der Waals surface area contributed by atoms with Crippen LogP contribution in [0.15, 0.2) is 28.5 Å². The van der Waals surface area contributed by atoms with Crippen molar-refractivity contribution in [1.82, 2.24) is 24.9 Å². The number of nitrogens with one attached hydrogen (secondary N) is 1. The van der Waals surface area contributed by atoms with E-state index in [4.69, 9.17) is 22.0 Å². The Bertz CT molecular complexity index is 974. The molecule has 0 amide bonds. The summed E-state index contributed by atoms with van der Waals surface area (Å²) in [5, 5.41) is 0.751. The van der Waals surface area contributed by atoms with Gasteiger partial charge in [-0.25, -0.2) is 15.0 Å². The minimum absolute atomic E-state index is 0.355. The summed E-state index contributed by atoms with van der Waals surface area (Å²) in [6.07, 6.45) is 4.21. The number of anilines is 2. The lowest BCUT2D eigenvalue weighted by Crippen LogP contribution is -2.24. The molecule has 0 aliphatic heterocycles. The Hall–Kier alpha value is -2.56. The largest absolute Gasteiger partial charge is 0.494 e. The van der Waals surface area contributed by atoms with Gasteiger partial charge in [0.25, 0.3) is 0 Å². The first kappa shape index (κ1) is 21.2. The number of nitrogen functional groups attached to an aromatic ring is 2. The van der Waals surface area contributed by atoms with Crippen LogP contribution >= 0.6 is 11.8 Å². The van der Waals surface area contributed by atoms with E-state index in [1.807, 2.05) is 23.6 Å². The number of hydrogen-bond acceptors (Lipinski definition) is 9. The summed E-state index contributed by atoms with van der Waals surface area (Å²) < 4.78 is 7.87. The molecule has 0 saturated carbocycles. The lowest BCUT2D eigenvalue weighted by molar-refractivity contribution is 0.335. The molecule has 2 heterocycles. The number of imidazole rings is 1. The van der Waals surface area contributed by atoms with Gasteiger partial charge in [-0.1, -0.05) is 13.3 Å². The van der Waals surface area contributed by atoms with E-state index >= 15 is 0 Å². The molecule has 0 bridgehead atoms. The molecule has 0 radical (unpaired) electrons. The molecule has 1 aromatic carbocycles. The van der Waals surface area contributed by atoms with Gasteiger partial charge in [0.15, 0.2) is 22.1 Å². The molecule has 7 N–H and O–H groups in total. The van der Waals surface area contributed by atoms with Crippen LogP contribution in [0.3, 0.4) is 0 Å². The zero-order valence-corrected chi connectivity index (χ0v) is 17.6. The van der Waals surface area contributed by atoms with Crippen molar-refractivity contribution in [1.29, 1.82) is 0 Å². The number of hydrogen-bond donors (Lipinski definition) is 4. The molecule has 3 rings (SSSR count). The first-order valence-corrected chi connectivity index (χ1v) is 10.5. The van der Waals surface area contributed by atoms with Gasteiger partial charge < -0.3 is 20.8 Å². The van der Waals surface area contributed by atoms with Gasteiger partial charge in [-0.15, -0.1) is 0 Å². The lowest BCUT2D eigenvalue weighted by atomic mass is 10.1. The van der Waals surface area contributed by atoms with Crippen LogP contribution in [0, 0.1) is 0 Å². The lowest BCUT2D eigenvalue weighted by Gasteiger charge is -2.14. The normalized spacial score (nSPS) is 11.3. The Morgan fingerprint density at radius 2 is 2.03 bits per heavy atom. The number of benzene rings is 1. The predicted octanol–water partition coefficient (Wildman–Crippen LogP) is 2.35. The maximum Gasteiger partial charge on any atom is 0.175 e. The Morgan fingerprint density at radius 3 is 2.76 bits per heavy atom. The van der Waals surface area contributed by atoms with Gasteiger partial charge in [-0.2, -0.15) is 0 Å². The second kappa shape index (κ2) is 9.77. The van der Waals surface area contributed by atoms with E-state index in [9.17, 15) is 0 Å². The second-order valence-corrected chi connectivity index (χ2v) is 7.58. The van der Waals surface area contributed by atoms with Gasteiger partial charge in [-0.3, -0.25) is 11.3 Å². The Labute approximate surface area is 174 Å². The summed E-state index contributed by atoms with van der Waals surface area (Å²) in [5.74, 6) is 6.63. The first-order chi connectivity index (χ1) is 14.1. The van der Waals surface area contributed by atoms with Gasteiger partial charge >= 0.3 is 0 Å². The molecule has 0 fully saturated rings. The van der Waals surface area contributed by atoms with Crippen molar-refractivity contribution in [3.63, 3.8) is 0 Å². The molecule has 156 valence electrons. The van der Waals surface area contributed by atoms with Crippen LogP contribution in [0.1, 0.15) is 32.3 Å². The monoisotopic (exact) mass is 416 g/mol. The Kier molecular flexibility index (Phi) is 7.13. The first-order valence-electron chi connectivity index (χ1n) is 9.72. The highest BCUT2D eigenvalue weighted by molar-refractivity contribution is 7.99. The van der Waals surface area contributed by atoms with E-state index < -0.39 is 0 Å². The third kappa shape index (κ3) is 4.72. The van der Waals surface area contributed by atoms with Crippen molar-refractivity contribution < 1.29 is 4.74 Å². The Balaban J connectivity index is 2.01. The molecule has 3 aromatic rings. The summed E-state index contributed by atoms with van der Waals surface area (Å²) in [6.45, 7) is 6.07. The zero-order valence-electron chi connectivity index (χ0n) is 16.8. The summed E-state index contributed by atoms with van der Waals surface area (Å²) >= 11 is 1.47. The van der Waals surface area contributed by atoms with Crippen LogP contribution in [-0.2, 0) is 13.0 Å². The second-order valence-electron chi connectivity index (χ2n) is 6.57. The van der Waals surface area contributed by atoms with E-state index in [0.717, 1.165) is 40.6 Å². The molecular weight excluding hydrogens is 388 g/mol. The van der Waals surface area contributed by atoms with Crippen LogP contribution < -0.4 is 27.5 Å². The molecule has 10 heteroatoms. The SMILES string of the molecule is CCCc1cc(N)c(Sc2nc3c(N)ncnc3n2CCCNN)cc1OCC. The van der Waals surface area contributed by atoms with Crippen LogP contribution in [0.2, 0.25) is 0 Å². The number of ether oxygens (including phenoxy) is 1. The molecule has 2 aromatic heterocycles. The van der Waals surface area contributed by atoms with Crippen molar-refractivity contribution >= 4 is 34.4 Å². The van der Waals surface area contributed by atoms with Crippen molar-refractivity contribution in [3.8, 4) is 5.75 Å². The highest BCUT2D eigenvalue weighted by Gasteiger charge is 2.18. The van der Waals surface area contributed by atoms with Gasteiger partial charge in [0.05, 0.1) is 6.61 Å². The molecule has 0 spiro atoms. The zero-order chi connectivity index (χ0) is 20.8. The highest BCUT2D eigenvalue weighted by Crippen LogP contribution is 2.38. The molecular formula is C19H28N8OS. The molecule has 9 nitrogen and oxygen atoms in total. The van der Waals surface area contributed by atoms with Crippen LogP contribution in [0.4, 0.5) is 11.5 Å². The van der Waals surface area contributed by atoms with Crippen molar-refractivity contribution in [2.24, 2.45) is 5.84 Å². The molecule has 0 aliphatic carbocycles. The third-order valence-electron chi connectivity index (χ3n) is 4.44. The number of rotatable bonds is 10. The van der Waals surface area contributed by atoms with Gasteiger partial charge in [-0.05, 0) is 49.2 Å². The number of hydrazine groups is 1. The van der Waals surface area contributed by atoms with E-state index in [1.165, 1.54) is 18.1 Å². The summed E-state index contributed by atoms with van der Waals surface area (Å²) in [5.41, 5.74) is 18.2. The van der Waals surface area contributed by atoms with Crippen LogP contribution in [0.25, 0.3) is 11.2 Å². The molecule has 0 atom stereocenters. The van der Waals surface area contributed by atoms with Crippen LogP contribution in [0.5, 0.6) is 5.75 Å².